The Hall–Kier alpha value is -2.44. The number of hydrogen-bond acceptors (Lipinski definition) is 3. The molecule has 0 spiro atoms. The predicted octanol–water partition coefficient (Wildman–Crippen LogP) is -0.207. The van der Waals surface area contributed by atoms with E-state index in [1.54, 1.807) is 25.1 Å². The van der Waals surface area contributed by atoms with Gasteiger partial charge in [0.05, 0.1) is 0 Å². The van der Waals surface area contributed by atoms with Crippen molar-refractivity contribution in [3.8, 4) is 11.5 Å². The first-order valence-electron chi connectivity index (χ1n) is 4.78. The molecule has 6 N–H and O–H groups in total. The topological polar surface area (TPSA) is 120 Å². The average molecular weight is 237 g/mol. The van der Waals surface area contributed by atoms with Crippen molar-refractivity contribution >= 4 is 17.6 Å². The van der Waals surface area contributed by atoms with E-state index in [-0.39, 0.29) is 23.4 Å². The van der Waals surface area contributed by atoms with Gasteiger partial charge in [0.25, 0.3) is 0 Å². The van der Waals surface area contributed by atoms with Gasteiger partial charge in [0.2, 0.25) is 5.96 Å². The largest absolute Gasteiger partial charge is 0.504 e. The highest BCUT2D eigenvalue weighted by Crippen LogP contribution is 2.29. The van der Waals surface area contributed by atoms with Crippen molar-refractivity contribution in [3.63, 3.8) is 0 Å². The summed E-state index contributed by atoms with van der Waals surface area (Å²) < 4.78 is 0. The number of phenols is 2. The first-order valence-corrected chi connectivity index (χ1v) is 4.78. The van der Waals surface area contributed by atoms with Crippen molar-refractivity contribution in [1.29, 1.82) is 0 Å². The molecule has 17 heavy (non-hydrogen) atoms. The third-order valence-corrected chi connectivity index (χ3v) is 2.08. The van der Waals surface area contributed by atoms with E-state index < -0.39 is 0 Å². The normalized spacial score (nSPS) is 11.1. The van der Waals surface area contributed by atoms with Crippen LogP contribution in [-0.4, -0.2) is 36.2 Å². The van der Waals surface area contributed by atoms with Gasteiger partial charge in [0, 0.05) is 25.8 Å². The van der Waals surface area contributed by atoms with E-state index in [0.717, 1.165) is 0 Å². The number of guanidine groups is 2. The smallest absolute Gasteiger partial charge is 0.227 e. The molecule has 0 amide bonds. The van der Waals surface area contributed by atoms with Crippen LogP contribution in [0.5, 0.6) is 11.5 Å². The molecule has 0 aromatic heterocycles. The summed E-state index contributed by atoms with van der Waals surface area (Å²) in [6.45, 7) is 0. The van der Waals surface area contributed by atoms with Crippen molar-refractivity contribution in [1.82, 2.24) is 0 Å². The highest BCUT2D eigenvalue weighted by Gasteiger charge is 2.09. The van der Waals surface area contributed by atoms with Crippen LogP contribution in [0.25, 0.3) is 0 Å². The van der Waals surface area contributed by atoms with Crippen LogP contribution < -0.4 is 16.4 Å². The molecular weight excluding hydrogens is 222 g/mol. The Kier molecular flexibility index (Phi) is 3.76. The van der Waals surface area contributed by atoms with Crippen molar-refractivity contribution in [3.05, 3.63) is 18.2 Å². The van der Waals surface area contributed by atoms with Crippen molar-refractivity contribution in [2.45, 2.75) is 0 Å². The third kappa shape index (κ3) is 3.00. The minimum absolute atomic E-state index is 0.111. The number of rotatable bonds is 1. The predicted molar refractivity (Wildman–Crippen MR) is 67.3 cm³/mol. The summed E-state index contributed by atoms with van der Waals surface area (Å²) >= 11 is 0. The summed E-state index contributed by atoms with van der Waals surface area (Å²) in [7, 11) is 3.22. The van der Waals surface area contributed by atoms with Gasteiger partial charge in [-0.05, 0) is 12.1 Å². The van der Waals surface area contributed by atoms with Crippen LogP contribution in [0.15, 0.2) is 28.2 Å². The second-order valence-electron chi connectivity index (χ2n) is 3.29. The summed E-state index contributed by atoms with van der Waals surface area (Å²) in [6, 6.07) is 4.34. The summed E-state index contributed by atoms with van der Waals surface area (Å²) in [5.74, 6) is -0.246. The zero-order valence-corrected chi connectivity index (χ0v) is 9.62. The number of phenolic OH excluding ortho intramolecular Hbond substituents is 2. The Morgan fingerprint density at radius 1 is 1.24 bits per heavy atom. The Labute approximate surface area is 98.7 Å². The number of aliphatic imine (C=N–C) groups is 2. The quantitative estimate of drug-likeness (QED) is 0.306. The van der Waals surface area contributed by atoms with E-state index in [0.29, 0.717) is 5.69 Å². The number of benzene rings is 1. The number of anilines is 1. The van der Waals surface area contributed by atoms with Crippen LogP contribution in [0.1, 0.15) is 0 Å². The first kappa shape index (κ1) is 12.6. The third-order valence-electron chi connectivity index (χ3n) is 2.08. The zero-order valence-electron chi connectivity index (χ0n) is 9.62. The van der Waals surface area contributed by atoms with Crippen LogP contribution in [0.4, 0.5) is 5.69 Å². The maximum absolute atomic E-state index is 9.38. The molecule has 1 aromatic rings. The maximum atomic E-state index is 9.38. The lowest BCUT2D eigenvalue weighted by Crippen LogP contribution is -2.31. The molecule has 92 valence electrons. The van der Waals surface area contributed by atoms with Crippen molar-refractivity contribution in [2.75, 3.05) is 19.0 Å². The molecular formula is C10H15N5O2. The zero-order chi connectivity index (χ0) is 13.0. The lowest BCUT2D eigenvalue weighted by atomic mass is 10.2. The Balaban J connectivity index is 3.07. The Morgan fingerprint density at radius 2 is 1.88 bits per heavy atom. The van der Waals surface area contributed by atoms with Gasteiger partial charge in [-0.25, -0.2) is 0 Å². The van der Waals surface area contributed by atoms with Gasteiger partial charge in [-0.1, -0.05) is 0 Å². The Morgan fingerprint density at radius 3 is 2.35 bits per heavy atom. The molecule has 0 atom stereocenters. The second-order valence-corrected chi connectivity index (χ2v) is 3.29. The van der Waals surface area contributed by atoms with Crippen LogP contribution in [-0.2, 0) is 0 Å². The molecule has 0 aliphatic rings. The molecule has 7 nitrogen and oxygen atoms in total. The monoisotopic (exact) mass is 237 g/mol. The Bertz CT molecular complexity index is 466. The molecule has 0 aliphatic heterocycles. The number of aromatic hydroxyl groups is 2. The molecule has 0 bridgehead atoms. The van der Waals surface area contributed by atoms with E-state index in [1.807, 2.05) is 0 Å². The van der Waals surface area contributed by atoms with E-state index in [4.69, 9.17) is 11.5 Å². The van der Waals surface area contributed by atoms with Gasteiger partial charge in [0.1, 0.15) is 0 Å². The van der Waals surface area contributed by atoms with E-state index in [1.165, 1.54) is 12.1 Å². The summed E-state index contributed by atoms with van der Waals surface area (Å²) in [4.78, 5) is 9.30. The van der Waals surface area contributed by atoms with Crippen molar-refractivity contribution < 1.29 is 10.2 Å². The van der Waals surface area contributed by atoms with Gasteiger partial charge in [-0.2, -0.15) is 4.99 Å². The van der Waals surface area contributed by atoms with E-state index in [2.05, 4.69) is 9.98 Å². The molecule has 1 aromatic carbocycles. The minimum atomic E-state index is -0.227. The standard InChI is InChI=1S/C10H15N5O2/c1-13-10(14-9(11)12)15(2)6-3-4-7(16)8(17)5-6/h3-5,16-17H,1-2H3,(H4,11,12,13,14). The van der Waals surface area contributed by atoms with Gasteiger partial charge in [-0.3, -0.25) is 4.99 Å². The SMILES string of the molecule is CN=C(N=C(N)N)N(C)c1ccc(O)c(O)c1. The fourth-order valence-corrected chi connectivity index (χ4v) is 1.23. The molecule has 0 heterocycles. The molecule has 0 saturated heterocycles. The second kappa shape index (κ2) is 5.06. The number of hydrogen-bond donors (Lipinski definition) is 4. The van der Waals surface area contributed by atoms with Gasteiger partial charge >= 0.3 is 0 Å². The van der Waals surface area contributed by atoms with Crippen LogP contribution >= 0.6 is 0 Å². The lowest BCUT2D eigenvalue weighted by molar-refractivity contribution is 0.404. The van der Waals surface area contributed by atoms with Gasteiger partial charge in [-0.15, -0.1) is 0 Å². The highest BCUT2D eigenvalue weighted by atomic mass is 16.3. The fourth-order valence-electron chi connectivity index (χ4n) is 1.23. The van der Waals surface area contributed by atoms with E-state index >= 15 is 0 Å². The summed E-state index contributed by atoms with van der Waals surface area (Å²) in [6.07, 6.45) is 0. The maximum Gasteiger partial charge on any atom is 0.227 e. The van der Waals surface area contributed by atoms with Crippen LogP contribution in [0.2, 0.25) is 0 Å². The van der Waals surface area contributed by atoms with E-state index in [9.17, 15) is 10.2 Å². The molecule has 0 fully saturated rings. The molecule has 0 saturated carbocycles. The fraction of sp³-hybridized carbons (Fsp3) is 0.200. The lowest BCUT2D eigenvalue weighted by Gasteiger charge is -2.18. The highest BCUT2D eigenvalue weighted by molar-refractivity contribution is 6.02. The summed E-state index contributed by atoms with van der Waals surface area (Å²) in [5, 5.41) is 18.6. The van der Waals surface area contributed by atoms with Crippen LogP contribution in [0.3, 0.4) is 0 Å². The molecule has 0 radical (unpaired) electrons. The summed E-state index contributed by atoms with van der Waals surface area (Å²) in [5.41, 5.74) is 11.1. The molecule has 0 aliphatic carbocycles. The first-order chi connectivity index (χ1) is 7.95. The molecule has 0 unspecified atom stereocenters. The van der Waals surface area contributed by atoms with Crippen molar-refractivity contribution in [2.24, 2.45) is 21.5 Å². The van der Waals surface area contributed by atoms with Crippen LogP contribution in [0, 0.1) is 0 Å². The molecule has 7 heteroatoms. The van der Waals surface area contributed by atoms with Gasteiger partial charge < -0.3 is 26.6 Å². The number of nitrogens with two attached hydrogens (primary N) is 2. The number of nitrogens with zero attached hydrogens (tertiary/aromatic N) is 3. The average Bonchev–Trinajstić information content (AvgIpc) is 2.28. The minimum Gasteiger partial charge on any atom is -0.504 e. The molecule has 1 rings (SSSR count). The van der Waals surface area contributed by atoms with Gasteiger partial charge in [0.15, 0.2) is 17.5 Å².